The molecule has 1 aliphatic rings. The molecule has 1 radical (unpaired) electrons. The van der Waals surface area contributed by atoms with Crippen LogP contribution in [0.2, 0.25) is 0 Å². The van der Waals surface area contributed by atoms with Crippen molar-refractivity contribution in [1.29, 1.82) is 0 Å². The molecule has 0 amide bonds. The van der Waals surface area contributed by atoms with E-state index in [1.165, 1.54) is 0 Å². The van der Waals surface area contributed by atoms with E-state index in [4.69, 9.17) is 0 Å². The molecule has 1 aliphatic heterocycles. The second-order valence-electron chi connectivity index (χ2n) is 2.82. The minimum Gasteiger partial charge on any atom is -0.285 e. The van der Waals surface area contributed by atoms with Gasteiger partial charge in [0, 0.05) is 5.56 Å². The van der Waals surface area contributed by atoms with Crippen LogP contribution in [0.4, 0.5) is 0 Å². The molecule has 15 heavy (non-hydrogen) atoms. The quantitative estimate of drug-likeness (QED) is 0.608. The monoisotopic (exact) mass is 327 g/mol. The van der Waals surface area contributed by atoms with Gasteiger partial charge in [0.25, 0.3) is 0 Å². The molecule has 1 heterocycles. The van der Waals surface area contributed by atoms with Crippen LogP contribution < -0.4 is 5.32 Å². The standard InChI is InChI=1S/C10H5Br2N2O/c11-8-9(12)14-10(13-8)7(15)6-4-2-1-3-5-6/h1-5H. The molecule has 1 aromatic rings. The van der Waals surface area contributed by atoms with Gasteiger partial charge in [0.1, 0.15) is 9.21 Å². The van der Waals surface area contributed by atoms with Crippen LogP contribution in [0, 0.1) is 0 Å². The fraction of sp³-hybridized carbons (Fsp3) is 0. The van der Waals surface area contributed by atoms with Crippen LogP contribution in [-0.2, 0) is 0 Å². The maximum absolute atomic E-state index is 11.8. The number of hydrogen-bond acceptors (Lipinski definition) is 2. The third-order valence-corrected chi connectivity index (χ3v) is 3.46. The van der Waals surface area contributed by atoms with E-state index in [9.17, 15) is 4.79 Å². The van der Waals surface area contributed by atoms with Gasteiger partial charge in [-0.1, -0.05) is 30.3 Å². The lowest BCUT2D eigenvalue weighted by atomic mass is 10.1. The molecule has 0 bridgehead atoms. The average molecular weight is 329 g/mol. The molecule has 5 heteroatoms. The summed E-state index contributed by atoms with van der Waals surface area (Å²) in [6, 6.07) is 8.94. The number of rotatable bonds is 2. The minimum atomic E-state index is -0.179. The Morgan fingerprint density at radius 1 is 1.07 bits per heavy atom. The van der Waals surface area contributed by atoms with Gasteiger partial charge in [0.15, 0.2) is 0 Å². The van der Waals surface area contributed by atoms with Crippen molar-refractivity contribution in [3.8, 4) is 0 Å². The van der Waals surface area contributed by atoms with E-state index in [-0.39, 0.29) is 11.6 Å². The molecule has 0 aliphatic carbocycles. The molecular weight excluding hydrogens is 324 g/mol. The molecule has 0 atom stereocenters. The Morgan fingerprint density at radius 3 is 2.27 bits per heavy atom. The normalized spacial score (nSPS) is 14.9. The second-order valence-corrected chi connectivity index (χ2v) is 4.33. The summed E-state index contributed by atoms with van der Waals surface area (Å²) >= 11 is 6.37. The second kappa shape index (κ2) is 4.28. The lowest BCUT2D eigenvalue weighted by Gasteiger charge is -1.98. The zero-order valence-electron chi connectivity index (χ0n) is 7.45. The van der Waals surface area contributed by atoms with Crippen LogP contribution in [0.3, 0.4) is 0 Å². The molecule has 75 valence electrons. The van der Waals surface area contributed by atoms with Crippen molar-refractivity contribution >= 4 is 43.5 Å². The minimum absolute atomic E-state index is 0.179. The number of amidine groups is 1. The number of Topliss-reactive ketones (excluding diaryl/α,β-unsaturated/α-hetero) is 1. The predicted octanol–water partition coefficient (Wildman–Crippen LogP) is 2.80. The Hall–Kier alpha value is -0.940. The molecule has 0 saturated heterocycles. The molecule has 0 saturated carbocycles. The summed E-state index contributed by atoms with van der Waals surface area (Å²) in [6.07, 6.45) is 0. The fourth-order valence-corrected chi connectivity index (χ4v) is 1.64. The summed E-state index contributed by atoms with van der Waals surface area (Å²) in [4.78, 5) is 15.8. The highest BCUT2D eigenvalue weighted by atomic mass is 79.9. The number of carbonyl (C=O) groups is 1. The zero-order chi connectivity index (χ0) is 10.8. The first-order chi connectivity index (χ1) is 7.18. The van der Waals surface area contributed by atoms with Crippen molar-refractivity contribution in [2.45, 2.75) is 0 Å². The van der Waals surface area contributed by atoms with Crippen LogP contribution in [0.1, 0.15) is 10.4 Å². The topological polar surface area (TPSA) is 43.5 Å². The SMILES string of the molecule is O=C(C1=NC(Br)=C(Br)[N]1)c1ccccc1. The highest BCUT2D eigenvalue weighted by Crippen LogP contribution is 2.23. The van der Waals surface area contributed by atoms with Gasteiger partial charge in [0.05, 0.1) is 0 Å². The van der Waals surface area contributed by atoms with Crippen molar-refractivity contribution in [2.75, 3.05) is 0 Å². The Morgan fingerprint density at radius 2 is 1.73 bits per heavy atom. The number of halogens is 2. The van der Waals surface area contributed by atoms with Crippen LogP contribution in [0.15, 0.2) is 44.5 Å². The third kappa shape index (κ3) is 2.18. The van der Waals surface area contributed by atoms with Gasteiger partial charge in [-0.15, -0.1) is 0 Å². The van der Waals surface area contributed by atoms with Gasteiger partial charge in [-0.25, -0.2) is 10.3 Å². The zero-order valence-corrected chi connectivity index (χ0v) is 10.6. The lowest BCUT2D eigenvalue weighted by Crippen LogP contribution is -2.20. The first kappa shape index (κ1) is 10.6. The van der Waals surface area contributed by atoms with Crippen LogP contribution in [0.25, 0.3) is 0 Å². The summed E-state index contributed by atoms with van der Waals surface area (Å²) in [5, 5.41) is 4.00. The summed E-state index contributed by atoms with van der Waals surface area (Å²) < 4.78 is 1.09. The van der Waals surface area contributed by atoms with E-state index >= 15 is 0 Å². The molecule has 1 aromatic carbocycles. The van der Waals surface area contributed by atoms with E-state index in [2.05, 4.69) is 42.2 Å². The van der Waals surface area contributed by atoms with Crippen LogP contribution >= 0.6 is 31.9 Å². The highest BCUT2D eigenvalue weighted by molar-refractivity contribution is 9.14. The number of aliphatic imine (C=N–C) groups is 1. The fourth-order valence-electron chi connectivity index (χ4n) is 1.12. The van der Waals surface area contributed by atoms with Gasteiger partial charge >= 0.3 is 0 Å². The van der Waals surface area contributed by atoms with Crippen molar-refractivity contribution in [2.24, 2.45) is 4.99 Å². The highest BCUT2D eigenvalue weighted by Gasteiger charge is 2.22. The molecule has 0 aromatic heterocycles. The van der Waals surface area contributed by atoms with Crippen molar-refractivity contribution in [3.63, 3.8) is 0 Å². The molecule has 0 fully saturated rings. The van der Waals surface area contributed by atoms with Crippen LogP contribution in [-0.4, -0.2) is 11.6 Å². The molecule has 0 N–H and O–H groups in total. The first-order valence-corrected chi connectivity index (χ1v) is 5.72. The smallest absolute Gasteiger partial charge is 0.230 e. The Bertz CT molecular complexity index is 466. The number of benzene rings is 1. The maximum atomic E-state index is 11.8. The molecule has 0 spiro atoms. The summed E-state index contributed by atoms with van der Waals surface area (Å²) in [7, 11) is 0. The van der Waals surface area contributed by atoms with Gasteiger partial charge in [-0.05, 0) is 31.9 Å². The predicted molar refractivity (Wildman–Crippen MR) is 65.2 cm³/mol. The lowest BCUT2D eigenvalue weighted by molar-refractivity contribution is 0.106. The number of hydrogen-bond donors (Lipinski definition) is 0. The molecular formula is C10H5Br2N2O. The Balaban J connectivity index is 2.23. The molecule has 2 rings (SSSR count). The summed E-state index contributed by atoms with van der Waals surface area (Å²) in [5.41, 5.74) is 0.586. The van der Waals surface area contributed by atoms with E-state index < -0.39 is 0 Å². The van der Waals surface area contributed by atoms with Gasteiger partial charge in [0.2, 0.25) is 11.6 Å². The van der Waals surface area contributed by atoms with Gasteiger partial charge < -0.3 is 0 Å². The maximum Gasteiger partial charge on any atom is 0.230 e. The Labute approximate surface area is 104 Å². The number of carbonyl (C=O) groups excluding carboxylic acids is 1. The largest absolute Gasteiger partial charge is 0.285 e. The van der Waals surface area contributed by atoms with Crippen molar-refractivity contribution < 1.29 is 4.79 Å². The van der Waals surface area contributed by atoms with Crippen molar-refractivity contribution in [1.82, 2.24) is 5.32 Å². The van der Waals surface area contributed by atoms with Crippen LogP contribution in [0.5, 0.6) is 0 Å². The first-order valence-electron chi connectivity index (χ1n) is 4.14. The van der Waals surface area contributed by atoms with Crippen molar-refractivity contribution in [3.05, 3.63) is 45.1 Å². The molecule has 0 unspecified atom stereocenters. The third-order valence-electron chi connectivity index (χ3n) is 1.82. The van der Waals surface area contributed by atoms with Gasteiger partial charge in [-0.3, -0.25) is 4.79 Å². The van der Waals surface area contributed by atoms with E-state index in [0.29, 0.717) is 14.8 Å². The van der Waals surface area contributed by atoms with E-state index in [1.807, 2.05) is 6.07 Å². The number of nitrogens with zero attached hydrogens (tertiary/aromatic N) is 2. The average Bonchev–Trinajstić information content (AvgIpc) is 2.59. The summed E-state index contributed by atoms with van der Waals surface area (Å²) in [6.45, 7) is 0. The molecule has 3 nitrogen and oxygen atoms in total. The van der Waals surface area contributed by atoms with Gasteiger partial charge in [-0.2, -0.15) is 0 Å². The Kier molecular flexibility index (Phi) is 3.02. The number of ketones is 1. The van der Waals surface area contributed by atoms with E-state index in [0.717, 1.165) is 0 Å². The van der Waals surface area contributed by atoms with E-state index in [1.54, 1.807) is 24.3 Å². The summed E-state index contributed by atoms with van der Waals surface area (Å²) in [5.74, 6) is 0.0157.